The molecule has 0 spiro atoms. The van der Waals surface area contributed by atoms with Crippen LogP contribution in [0, 0.1) is 14.9 Å². The maximum absolute atomic E-state index is 4.83. The van der Waals surface area contributed by atoms with Gasteiger partial charge >= 0.3 is 19.5 Å². The van der Waals surface area contributed by atoms with Crippen LogP contribution in [0.3, 0.4) is 0 Å². The Morgan fingerprint density at radius 1 is 0.378 bits per heavy atom. The van der Waals surface area contributed by atoms with Crippen LogP contribution in [0.5, 0.6) is 0 Å². The first-order valence-corrected chi connectivity index (χ1v) is 10.9. The fourth-order valence-electron chi connectivity index (χ4n) is 3.97. The minimum Gasteiger partial charge on any atom is -0.358 e. The van der Waals surface area contributed by atoms with Crippen molar-refractivity contribution in [3.63, 3.8) is 0 Å². The molecule has 182 valence electrons. The third-order valence-electron chi connectivity index (χ3n) is 5.51. The van der Waals surface area contributed by atoms with Crippen LogP contribution in [0.2, 0.25) is 0 Å². The normalized spacial score (nSPS) is 10.1. The van der Waals surface area contributed by atoms with E-state index in [1.165, 1.54) is 0 Å². The van der Waals surface area contributed by atoms with Crippen LogP contribution in [0.15, 0.2) is 110 Å². The van der Waals surface area contributed by atoms with E-state index in [-0.39, 0.29) is 34.3 Å². The van der Waals surface area contributed by atoms with Crippen LogP contribution in [0.25, 0.3) is 55.3 Å². The second kappa shape index (κ2) is 12.2. The molecule has 0 saturated carbocycles. The summed E-state index contributed by atoms with van der Waals surface area (Å²) in [5.41, 5.74) is 7.11. The standard InChI is InChI=1S/C18H10N4.C10H8N2.2CH3.Ru/c1-2-8-14-13(7-1)21-17-11-5-3-9-19-15(11)16-12(18(17)22-14)6-4-10-20-16;1-3-7-11-9(5-1)10-6-2-4-8-12-10;;;/h1-10H;1-8H;2*1H3;/q;;2*-1;+2. The van der Waals surface area contributed by atoms with E-state index in [9.17, 15) is 0 Å². The zero-order valence-electron chi connectivity index (χ0n) is 20.4. The summed E-state index contributed by atoms with van der Waals surface area (Å²) in [7, 11) is 0. The van der Waals surface area contributed by atoms with Crippen molar-refractivity contribution in [3.05, 3.63) is 125 Å². The molecule has 7 rings (SSSR count). The molecule has 0 saturated heterocycles. The Bertz CT molecular complexity index is 1630. The predicted molar refractivity (Wildman–Crippen MR) is 148 cm³/mol. The van der Waals surface area contributed by atoms with Crippen LogP contribution < -0.4 is 0 Å². The predicted octanol–water partition coefficient (Wildman–Crippen LogP) is 6.92. The van der Waals surface area contributed by atoms with Gasteiger partial charge in [-0.15, -0.1) is 0 Å². The maximum Gasteiger partial charge on any atom is 2.00 e. The van der Waals surface area contributed by atoms with Crippen LogP contribution in [-0.4, -0.2) is 29.9 Å². The van der Waals surface area contributed by atoms with Gasteiger partial charge in [0.2, 0.25) is 0 Å². The Hall–Kier alpha value is -4.22. The monoisotopic (exact) mass is 570 g/mol. The van der Waals surface area contributed by atoms with Gasteiger partial charge in [-0.3, -0.25) is 19.9 Å². The van der Waals surface area contributed by atoms with E-state index >= 15 is 0 Å². The van der Waals surface area contributed by atoms with Gasteiger partial charge < -0.3 is 14.9 Å². The molecule has 0 bridgehead atoms. The molecule has 0 aliphatic rings. The van der Waals surface area contributed by atoms with E-state index in [0.717, 1.165) is 55.3 Å². The van der Waals surface area contributed by atoms with E-state index in [1.54, 1.807) is 24.8 Å². The third-order valence-corrected chi connectivity index (χ3v) is 5.51. The Morgan fingerprint density at radius 2 is 0.784 bits per heavy atom. The number of rotatable bonds is 1. The van der Waals surface area contributed by atoms with Gasteiger partial charge in [0, 0.05) is 35.6 Å². The number of aromatic nitrogens is 6. The number of hydrogen-bond donors (Lipinski definition) is 0. The van der Waals surface area contributed by atoms with Crippen molar-refractivity contribution >= 4 is 43.9 Å². The third kappa shape index (κ3) is 5.32. The van der Waals surface area contributed by atoms with Crippen molar-refractivity contribution in [1.29, 1.82) is 0 Å². The summed E-state index contributed by atoms with van der Waals surface area (Å²) in [6, 6.07) is 27.4. The van der Waals surface area contributed by atoms with E-state index in [4.69, 9.17) is 9.97 Å². The number of nitrogens with zero attached hydrogens (tertiary/aromatic N) is 6. The molecule has 0 unspecified atom stereocenters. The van der Waals surface area contributed by atoms with Gasteiger partial charge in [-0.1, -0.05) is 24.3 Å². The first kappa shape index (κ1) is 27.4. The van der Waals surface area contributed by atoms with Crippen molar-refractivity contribution in [3.8, 4) is 11.4 Å². The molecule has 7 aromatic rings. The Labute approximate surface area is 228 Å². The molecule has 0 atom stereocenters. The minimum atomic E-state index is 0. The molecule has 6 nitrogen and oxygen atoms in total. The summed E-state index contributed by atoms with van der Waals surface area (Å²) < 4.78 is 0. The van der Waals surface area contributed by atoms with Crippen molar-refractivity contribution in [2.75, 3.05) is 0 Å². The van der Waals surface area contributed by atoms with Gasteiger partial charge in [0.15, 0.2) is 0 Å². The average molecular weight is 570 g/mol. The second-order valence-corrected chi connectivity index (χ2v) is 7.64. The smallest absolute Gasteiger partial charge is 0.358 e. The Balaban J connectivity index is 0.000000220. The van der Waals surface area contributed by atoms with E-state index in [2.05, 4.69) is 19.9 Å². The maximum atomic E-state index is 4.83. The van der Waals surface area contributed by atoms with Crippen molar-refractivity contribution in [2.24, 2.45) is 0 Å². The zero-order valence-corrected chi connectivity index (χ0v) is 22.2. The van der Waals surface area contributed by atoms with Gasteiger partial charge in [0.1, 0.15) is 0 Å². The van der Waals surface area contributed by atoms with Gasteiger partial charge in [0.05, 0.1) is 44.5 Å². The topological polar surface area (TPSA) is 77.3 Å². The molecule has 7 heteroatoms. The van der Waals surface area contributed by atoms with Crippen LogP contribution >= 0.6 is 0 Å². The molecule has 0 aliphatic carbocycles. The molecular formula is C30H24N6Ru. The van der Waals surface area contributed by atoms with Crippen LogP contribution in [-0.2, 0) is 19.5 Å². The molecular weight excluding hydrogens is 545 g/mol. The van der Waals surface area contributed by atoms with Gasteiger partial charge in [-0.05, 0) is 60.7 Å². The first-order chi connectivity index (χ1) is 16.9. The van der Waals surface area contributed by atoms with E-state index in [0.29, 0.717) is 0 Å². The summed E-state index contributed by atoms with van der Waals surface area (Å²) in [4.78, 5) is 27.0. The SMILES string of the molecule is [CH3-].[CH3-].[Ru+2].c1ccc(-c2ccccn2)nc1.c1ccc2nc3c4cccnc4c4ncccc4c3nc2c1. The van der Waals surface area contributed by atoms with Gasteiger partial charge in [-0.25, -0.2) is 9.97 Å². The fraction of sp³-hybridized carbons (Fsp3) is 0. The number of pyridine rings is 4. The summed E-state index contributed by atoms with van der Waals surface area (Å²) >= 11 is 0. The molecule has 0 N–H and O–H groups in total. The number of fused-ring (bicyclic) bond motifs is 7. The van der Waals surface area contributed by atoms with Crippen molar-refractivity contribution < 1.29 is 19.5 Å². The van der Waals surface area contributed by atoms with Crippen molar-refractivity contribution in [1.82, 2.24) is 29.9 Å². The first-order valence-electron chi connectivity index (χ1n) is 10.9. The summed E-state index contributed by atoms with van der Waals surface area (Å²) in [5, 5.41) is 1.98. The zero-order chi connectivity index (χ0) is 22.7. The average Bonchev–Trinajstić information content (AvgIpc) is 2.94. The molecule has 0 radical (unpaired) electrons. The number of benzene rings is 2. The molecule has 37 heavy (non-hydrogen) atoms. The molecule has 0 amide bonds. The largest absolute Gasteiger partial charge is 2.00 e. The molecule has 2 aromatic carbocycles. The summed E-state index contributed by atoms with van der Waals surface area (Å²) in [5.74, 6) is 0. The van der Waals surface area contributed by atoms with Crippen LogP contribution in [0.4, 0.5) is 0 Å². The molecule has 5 aromatic heterocycles. The second-order valence-electron chi connectivity index (χ2n) is 7.64. The number of hydrogen-bond acceptors (Lipinski definition) is 6. The number of para-hydroxylation sites is 2. The molecule has 0 aliphatic heterocycles. The summed E-state index contributed by atoms with van der Waals surface area (Å²) in [6.45, 7) is 0. The van der Waals surface area contributed by atoms with Gasteiger partial charge in [0.25, 0.3) is 0 Å². The quantitative estimate of drug-likeness (QED) is 0.0925. The minimum absolute atomic E-state index is 0. The summed E-state index contributed by atoms with van der Waals surface area (Å²) in [6.07, 6.45) is 7.11. The Morgan fingerprint density at radius 3 is 1.19 bits per heavy atom. The molecule has 5 heterocycles. The van der Waals surface area contributed by atoms with Crippen molar-refractivity contribution in [2.45, 2.75) is 0 Å². The van der Waals surface area contributed by atoms with Crippen LogP contribution in [0.1, 0.15) is 0 Å². The van der Waals surface area contributed by atoms with Gasteiger partial charge in [-0.2, -0.15) is 0 Å². The van der Waals surface area contributed by atoms with E-state index < -0.39 is 0 Å². The van der Waals surface area contributed by atoms with E-state index in [1.807, 2.05) is 84.9 Å². The molecule has 0 fully saturated rings. The Kier molecular flexibility index (Phi) is 8.99. The fourth-order valence-corrected chi connectivity index (χ4v) is 3.97.